The molecular formula is C21H14BN3O2PtS. The zero-order chi connectivity index (χ0) is 18.9. The van der Waals surface area contributed by atoms with E-state index in [-0.39, 0.29) is 27.3 Å². The molecule has 0 atom stereocenters. The number of hydrogen-bond donors (Lipinski definition) is 0. The third kappa shape index (κ3) is 4.26. The van der Waals surface area contributed by atoms with Gasteiger partial charge in [0.15, 0.2) is 0 Å². The molecule has 8 heteroatoms. The van der Waals surface area contributed by atoms with Crippen molar-refractivity contribution in [2.24, 2.45) is 7.05 Å². The van der Waals surface area contributed by atoms with Gasteiger partial charge in [0.2, 0.25) is 0 Å². The van der Waals surface area contributed by atoms with Crippen molar-refractivity contribution in [2.45, 2.75) is 4.90 Å². The fourth-order valence-corrected chi connectivity index (χ4v) is 3.97. The summed E-state index contributed by atoms with van der Waals surface area (Å²) in [5.74, 6) is 2.12. The number of para-hydroxylation sites is 1. The molecule has 0 radical (unpaired) electrons. The molecule has 0 bridgehead atoms. The number of fused-ring (bicyclic) bond motifs is 1. The Hall–Kier alpha value is -2.50. The van der Waals surface area contributed by atoms with Crippen LogP contribution in [-0.4, -0.2) is 21.2 Å². The monoisotopic (exact) mass is 578 g/mol. The molecule has 2 heterocycles. The van der Waals surface area contributed by atoms with Crippen LogP contribution in [0.4, 0.5) is 0 Å². The fourth-order valence-electron chi connectivity index (χ4n) is 2.93. The van der Waals surface area contributed by atoms with Gasteiger partial charge in [-0.05, 0) is 12.1 Å². The van der Waals surface area contributed by atoms with Crippen molar-refractivity contribution in [3.63, 3.8) is 0 Å². The third-order valence-corrected chi connectivity index (χ3v) is 5.38. The van der Waals surface area contributed by atoms with Gasteiger partial charge in [0.1, 0.15) is 5.75 Å². The fraction of sp³-hybridized carbons (Fsp3) is 0.0476. The summed E-state index contributed by atoms with van der Waals surface area (Å²) in [6, 6.07) is 26.1. The van der Waals surface area contributed by atoms with E-state index in [1.165, 1.54) is 0 Å². The van der Waals surface area contributed by atoms with Crippen molar-refractivity contribution >= 4 is 23.3 Å². The number of aromatic nitrogens is 3. The summed E-state index contributed by atoms with van der Waals surface area (Å²) in [4.78, 5) is 1.14. The minimum absolute atomic E-state index is 0. The van der Waals surface area contributed by atoms with Gasteiger partial charge in [-0.2, -0.15) is 17.2 Å². The van der Waals surface area contributed by atoms with E-state index in [0.717, 1.165) is 27.4 Å². The average Bonchev–Trinajstić information content (AvgIpc) is 3.35. The Morgan fingerprint density at radius 2 is 1.79 bits per heavy atom. The zero-order valence-electron chi connectivity index (χ0n) is 15.3. The molecule has 1 aromatic heterocycles. The predicted molar refractivity (Wildman–Crippen MR) is 109 cm³/mol. The minimum atomic E-state index is -0.129. The van der Waals surface area contributed by atoms with E-state index in [4.69, 9.17) is 9.39 Å². The second-order valence-corrected chi connectivity index (χ2v) is 7.40. The van der Waals surface area contributed by atoms with Crippen LogP contribution >= 0.6 is 11.6 Å². The molecule has 0 N–H and O–H groups in total. The molecule has 4 aromatic rings. The molecular weight excluding hydrogens is 564 g/mol. The standard InChI is InChI=1S/C21H14BN3O2S.Pt/c1-25-14-19(23-24-25)15-6-4-8-17(12-15)26-18-9-5-7-16(13-18)22-27-20-10-2-3-11-21(20)28-22;/h2-11,14H,1H3;/q-2;+2. The first kappa shape index (κ1) is 19.8. The van der Waals surface area contributed by atoms with Crippen LogP contribution in [0.15, 0.2) is 71.8 Å². The van der Waals surface area contributed by atoms with E-state index < -0.39 is 0 Å². The predicted octanol–water partition coefficient (Wildman–Crippen LogP) is 3.75. The Balaban J connectivity index is 0.00000205. The molecule has 0 amide bonds. The molecule has 0 spiro atoms. The Morgan fingerprint density at radius 3 is 2.59 bits per heavy atom. The van der Waals surface area contributed by atoms with Crippen LogP contribution < -0.4 is 14.9 Å². The summed E-state index contributed by atoms with van der Waals surface area (Å²) in [5.41, 5.74) is 2.51. The van der Waals surface area contributed by atoms with Gasteiger partial charge in [-0.25, -0.2) is 0 Å². The third-order valence-electron chi connectivity index (χ3n) is 4.23. The molecule has 0 fully saturated rings. The van der Waals surface area contributed by atoms with Crippen LogP contribution in [0.5, 0.6) is 17.2 Å². The van der Waals surface area contributed by atoms with Crippen LogP contribution in [0.25, 0.3) is 11.3 Å². The van der Waals surface area contributed by atoms with Gasteiger partial charge in [0, 0.05) is 35.3 Å². The summed E-state index contributed by atoms with van der Waals surface area (Å²) in [6.45, 7) is 0. The van der Waals surface area contributed by atoms with Crippen LogP contribution in [0.2, 0.25) is 0 Å². The summed E-state index contributed by atoms with van der Waals surface area (Å²) in [7, 11) is 1.83. The van der Waals surface area contributed by atoms with Crippen LogP contribution in [-0.2, 0) is 28.1 Å². The maximum atomic E-state index is 6.03. The minimum Gasteiger partial charge on any atom is -0.547 e. The van der Waals surface area contributed by atoms with E-state index in [0.29, 0.717) is 11.5 Å². The maximum absolute atomic E-state index is 6.03. The number of ether oxygens (including phenoxy) is 1. The van der Waals surface area contributed by atoms with E-state index >= 15 is 0 Å². The van der Waals surface area contributed by atoms with Crippen molar-refractivity contribution in [1.29, 1.82) is 0 Å². The molecule has 0 saturated heterocycles. The van der Waals surface area contributed by atoms with Gasteiger partial charge < -0.3 is 9.39 Å². The summed E-state index contributed by atoms with van der Waals surface area (Å²) >= 11 is 1.67. The largest absolute Gasteiger partial charge is 2.00 e. The Morgan fingerprint density at radius 1 is 1.00 bits per heavy atom. The number of hydrogen-bond acceptors (Lipinski definition) is 5. The smallest absolute Gasteiger partial charge is 0.547 e. The summed E-state index contributed by atoms with van der Waals surface area (Å²) < 4.78 is 13.7. The van der Waals surface area contributed by atoms with Gasteiger partial charge in [0.05, 0.1) is 0 Å². The first-order valence-corrected chi connectivity index (χ1v) is 9.64. The quantitative estimate of drug-likeness (QED) is 0.273. The second kappa shape index (κ2) is 8.48. The van der Waals surface area contributed by atoms with Crippen molar-refractivity contribution in [1.82, 2.24) is 15.0 Å². The first-order valence-electron chi connectivity index (χ1n) is 8.76. The van der Waals surface area contributed by atoms with Gasteiger partial charge >= 0.3 is 27.3 Å². The summed E-state index contributed by atoms with van der Waals surface area (Å²) in [5, 5.41) is 8.08. The number of rotatable bonds is 4. The molecule has 0 unspecified atom stereocenters. The van der Waals surface area contributed by atoms with Gasteiger partial charge in [0.25, 0.3) is 0 Å². The second-order valence-electron chi connectivity index (χ2n) is 6.29. The number of nitrogens with zero attached hydrogens (tertiary/aromatic N) is 3. The molecule has 5 rings (SSSR count). The zero-order valence-corrected chi connectivity index (χ0v) is 18.4. The van der Waals surface area contributed by atoms with E-state index in [9.17, 15) is 0 Å². The van der Waals surface area contributed by atoms with E-state index in [1.54, 1.807) is 16.3 Å². The topological polar surface area (TPSA) is 49.2 Å². The number of benzene rings is 3. The van der Waals surface area contributed by atoms with Gasteiger partial charge in [-0.1, -0.05) is 23.4 Å². The number of aryl methyl sites for hydroxylation is 1. The SMILES string of the molecule is Cn1cc(-c2[c-]c(Oc3[c-]c(B4Oc5ccccc5S4)ccc3)ccc2)nn1.[Pt+2]. The van der Waals surface area contributed by atoms with E-state index in [1.807, 2.05) is 67.8 Å². The average molecular weight is 578 g/mol. The van der Waals surface area contributed by atoms with Gasteiger partial charge in [-0.3, -0.25) is 4.68 Å². The Labute approximate surface area is 187 Å². The molecule has 3 aromatic carbocycles. The first-order chi connectivity index (χ1) is 13.7. The molecule has 144 valence electrons. The molecule has 1 aliphatic rings. The Kier molecular flexibility index (Phi) is 5.79. The van der Waals surface area contributed by atoms with Crippen LogP contribution in [0.1, 0.15) is 0 Å². The molecule has 1 aliphatic heterocycles. The van der Waals surface area contributed by atoms with Crippen molar-refractivity contribution in [3.8, 4) is 28.5 Å². The maximum Gasteiger partial charge on any atom is 2.00 e. The van der Waals surface area contributed by atoms with Crippen LogP contribution in [0.3, 0.4) is 0 Å². The normalized spacial score (nSPS) is 12.1. The molecule has 5 nitrogen and oxygen atoms in total. The molecule has 29 heavy (non-hydrogen) atoms. The molecule has 0 aliphatic carbocycles. The Bertz CT molecular complexity index is 1130. The van der Waals surface area contributed by atoms with Gasteiger partial charge in [-0.15, -0.1) is 53.0 Å². The van der Waals surface area contributed by atoms with E-state index in [2.05, 4.69) is 28.5 Å². The summed E-state index contributed by atoms with van der Waals surface area (Å²) in [6.07, 6.45) is 1.71. The van der Waals surface area contributed by atoms with Crippen LogP contribution in [0, 0.1) is 12.1 Å². The molecule has 0 saturated carbocycles. The van der Waals surface area contributed by atoms with Crippen molar-refractivity contribution in [2.75, 3.05) is 0 Å². The van der Waals surface area contributed by atoms with Crippen molar-refractivity contribution in [3.05, 3.63) is 79.0 Å². The van der Waals surface area contributed by atoms with Crippen molar-refractivity contribution < 1.29 is 30.5 Å².